The van der Waals surface area contributed by atoms with Crippen molar-refractivity contribution in [1.82, 2.24) is 20.2 Å². The van der Waals surface area contributed by atoms with Crippen LogP contribution in [-0.2, 0) is 10.9 Å². The van der Waals surface area contributed by atoms with E-state index in [-0.39, 0.29) is 29.8 Å². The van der Waals surface area contributed by atoms with Crippen molar-refractivity contribution in [2.75, 3.05) is 39.1 Å². The second-order valence-corrected chi connectivity index (χ2v) is 9.16. The highest BCUT2D eigenvalue weighted by Crippen LogP contribution is 2.34. The molecule has 1 amide bonds. The quantitative estimate of drug-likeness (QED) is 0.585. The van der Waals surface area contributed by atoms with Crippen molar-refractivity contribution < 1.29 is 27.4 Å². The second kappa shape index (κ2) is 11.4. The summed E-state index contributed by atoms with van der Waals surface area (Å²) in [4.78, 5) is 23.4. The zero-order valence-corrected chi connectivity index (χ0v) is 20.5. The molecule has 2 aromatic rings. The lowest BCUT2D eigenvalue weighted by Crippen LogP contribution is -2.44. The number of anilines is 1. The summed E-state index contributed by atoms with van der Waals surface area (Å²) >= 11 is 0. The molecule has 8 nitrogen and oxygen atoms in total. The number of halogens is 3. The average Bonchev–Trinajstić information content (AvgIpc) is 2.91. The van der Waals surface area contributed by atoms with Crippen molar-refractivity contribution in [3.8, 4) is 6.01 Å². The number of likely N-dealkylation sites (tertiary alicyclic amines) is 1. The maximum atomic E-state index is 13.0. The number of piperidine rings is 1. The lowest BCUT2D eigenvalue weighted by molar-refractivity contribution is -0.137. The van der Waals surface area contributed by atoms with E-state index in [1.807, 2.05) is 7.05 Å². The monoisotopic (exact) mass is 507 g/mol. The Kier molecular flexibility index (Phi) is 8.30. The van der Waals surface area contributed by atoms with Crippen molar-refractivity contribution in [3.63, 3.8) is 0 Å². The number of hydrogen-bond donors (Lipinski definition) is 2. The standard InChI is InChI=1S/C25H32F3N5O3/c1-29-18-10-12-33(13-11-18)23(34)20-14-22(32-24(31-20)35-2)30-15-19-4-3-5-21(36-19)16-6-8-17(9-7-16)25(26,27)28/h6-9,14,18-19,21,29H,3-5,10-13,15H2,1-2H3,(H,30,31,32)/t19-,21+/m1/s1. The maximum absolute atomic E-state index is 13.0. The zero-order chi connectivity index (χ0) is 25.7. The van der Waals surface area contributed by atoms with Gasteiger partial charge in [0.2, 0.25) is 0 Å². The van der Waals surface area contributed by atoms with Crippen LogP contribution in [0.5, 0.6) is 6.01 Å². The van der Waals surface area contributed by atoms with E-state index < -0.39 is 11.7 Å². The number of alkyl halides is 3. The summed E-state index contributed by atoms with van der Waals surface area (Å²) in [5.74, 6) is 0.292. The molecule has 1 aromatic carbocycles. The fraction of sp³-hybridized carbons (Fsp3) is 0.560. The fourth-order valence-corrected chi connectivity index (χ4v) is 4.65. The molecule has 36 heavy (non-hydrogen) atoms. The Labute approximate surface area is 208 Å². The number of amides is 1. The number of methoxy groups -OCH3 is 1. The molecule has 0 saturated carbocycles. The van der Waals surface area contributed by atoms with E-state index >= 15 is 0 Å². The van der Waals surface area contributed by atoms with Crippen LogP contribution in [0.15, 0.2) is 30.3 Å². The molecular weight excluding hydrogens is 475 g/mol. The highest BCUT2D eigenvalue weighted by atomic mass is 19.4. The zero-order valence-electron chi connectivity index (χ0n) is 20.5. The number of ether oxygens (including phenoxy) is 2. The van der Waals surface area contributed by atoms with E-state index in [1.54, 1.807) is 11.0 Å². The van der Waals surface area contributed by atoms with Crippen LogP contribution < -0.4 is 15.4 Å². The number of benzene rings is 1. The van der Waals surface area contributed by atoms with Crippen LogP contribution in [0.4, 0.5) is 19.0 Å². The van der Waals surface area contributed by atoms with Crippen LogP contribution in [0.2, 0.25) is 0 Å². The largest absolute Gasteiger partial charge is 0.467 e. The van der Waals surface area contributed by atoms with Crippen molar-refractivity contribution >= 4 is 11.7 Å². The topological polar surface area (TPSA) is 88.6 Å². The molecule has 3 heterocycles. The van der Waals surface area contributed by atoms with Crippen molar-refractivity contribution in [2.24, 2.45) is 0 Å². The van der Waals surface area contributed by atoms with Gasteiger partial charge in [0.1, 0.15) is 11.5 Å². The Hall–Kier alpha value is -2.92. The Balaban J connectivity index is 1.37. The van der Waals surface area contributed by atoms with Gasteiger partial charge >= 0.3 is 12.2 Å². The molecule has 0 unspecified atom stereocenters. The highest BCUT2D eigenvalue weighted by molar-refractivity contribution is 5.93. The number of nitrogens with zero attached hydrogens (tertiary/aromatic N) is 3. The van der Waals surface area contributed by atoms with Crippen LogP contribution in [0.3, 0.4) is 0 Å². The first-order valence-electron chi connectivity index (χ1n) is 12.2. The second-order valence-electron chi connectivity index (χ2n) is 9.16. The van der Waals surface area contributed by atoms with Gasteiger partial charge in [-0.05, 0) is 56.8 Å². The minimum absolute atomic E-state index is 0.0978. The number of aromatic nitrogens is 2. The molecule has 0 spiro atoms. The smallest absolute Gasteiger partial charge is 0.416 e. The number of rotatable bonds is 7. The molecule has 2 aliphatic rings. The molecule has 2 fully saturated rings. The van der Waals surface area contributed by atoms with Gasteiger partial charge in [0.25, 0.3) is 5.91 Å². The molecule has 2 aliphatic heterocycles. The summed E-state index contributed by atoms with van der Waals surface area (Å²) < 4.78 is 50.0. The van der Waals surface area contributed by atoms with Gasteiger partial charge in [-0.3, -0.25) is 4.79 Å². The Morgan fingerprint density at radius 3 is 2.50 bits per heavy atom. The summed E-state index contributed by atoms with van der Waals surface area (Å²) in [6.45, 7) is 1.74. The van der Waals surface area contributed by atoms with Crippen molar-refractivity contribution in [3.05, 3.63) is 47.2 Å². The molecule has 0 aliphatic carbocycles. The molecule has 0 radical (unpaired) electrons. The highest BCUT2D eigenvalue weighted by Gasteiger charge is 2.31. The van der Waals surface area contributed by atoms with Gasteiger partial charge in [-0.25, -0.2) is 0 Å². The molecule has 1 aromatic heterocycles. The van der Waals surface area contributed by atoms with Crippen LogP contribution in [0.25, 0.3) is 0 Å². The molecule has 11 heteroatoms. The van der Waals surface area contributed by atoms with Gasteiger partial charge in [0, 0.05) is 31.7 Å². The SMILES string of the molecule is CNC1CCN(C(=O)c2cc(NC[C@H]3CCC[C@@H](c4ccc(C(F)(F)F)cc4)O3)nc(OC)n2)CC1. The van der Waals surface area contributed by atoms with Gasteiger partial charge in [0.05, 0.1) is 24.9 Å². The maximum Gasteiger partial charge on any atom is 0.416 e. The van der Waals surface area contributed by atoms with E-state index in [9.17, 15) is 18.0 Å². The van der Waals surface area contributed by atoms with Gasteiger partial charge in [0.15, 0.2) is 0 Å². The number of nitrogens with one attached hydrogen (secondary N) is 2. The number of carbonyl (C=O) groups excluding carboxylic acids is 1. The van der Waals surface area contributed by atoms with Gasteiger partial charge in [-0.2, -0.15) is 23.1 Å². The minimum atomic E-state index is -4.36. The molecule has 2 atom stereocenters. The summed E-state index contributed by atoms with van der Waals surface area (Å²) in [6, 6.07) is 7.27. The van der Waals surface area contributed by atoms with E-state index in [2.05, 4.69) is 20.6 Å². The van der Waals surface area contributed by atoms with E-state index in [0.29, 0.717) is 31.5 Å². The van der Waals surface area contributed by atoms with E-state index in [4.69, 9.17) is 9.47 Å². The Morgan fingerprint density at radius 1 is 1.14 bits per heavy atom. The van der Waals surface area contributed by atoms with Gasteiger partial charge in [-0.1, -0.05) is 12.1 Å². The molecular formula is C25H32F3N5O3. The third-order valence-corrected chi connectivity index (χ3v) is 6.77. The fourth-order valence-electron chi connectivity index (χ4n) is 4.65. The first-order chi connectivity index (χ1) is 17.3. The summed E-state index contributed by atoms with van der Waals surface area (Å²) in [5.41, 5.74) is 0.320. The Bertz CT molecular complexity index is 1030. The predicted molar refractivity (Wildman–Crippen MR) is 128 cm³/mol. The number of carbonyl (C=O) groups is 1. The molecule has 2 saturated heterocycles. The van der Waals surface area contributed by atoms with Crippen molar-refractivity contribution in [2.45, 2.75) is 56.5 Å². The molecule has 2 N–H and O–H groups in total. The predicted octanol–water partition coefficient (Wildman–Crippen LogP) is 4.05. The molecule has 0 bridgehead atoms. The molecule has 196 valence electrons. The third kappa shape index (κ3) is 6.44. The normalized spacial score (nSPS) is 21.3. The van der Waals surface area contributed by atoms with E-state index in [0.717, 1.165) is 49.8 Å². The molecule has 4 rings (SSSR count). The van der Waals surface area contributed by atoms with Crippen molar-refractivity contribution in [1.29, 1.82) is 0 Å². The first kappa shape index (κ1) is 26.2. The van der Waals surface area contributed by atoms with Gasteiger partial charge in [-0.15, -0.1) is 0 Å². The summed E-state index contributed by atoms with van der Waals surface area (Å²) in [7, 11) is 3.38. The third-order valence-electron chi connectivity index (χ3n) is 6.77. The lowest BCUT2D eigenvalue weighted by Gasteiger charge is -2.32. The van der Waals surface area contributed by atoms with Crippen LogP contribution in [0, 0.1) is 0 Å². The Morgan fingerprint density at radius 2 is 1.86 bits per heavy atom. The summed E-state index contributed by atoms with van der Waals surface area (Å²) in [5, 5.41) is 6.47. The number of hydrogen-bond acceptors (Lipinski definition) is 7. The van der Waals surface area contributed by atoms with Crippen LogP contribution in [0.1, 0.15) is 59.8 Å². The van der Waals surface area contributed by atoms with E-state index in [1.165, 1.54) is 19.2 Å². The average molecular weight is 508 g/mol. The lowest BCUT2D eigenvalue weighted by atomic mass is 9.97. The first-order valence-corrected chi connectivity index (χ1v) is 12.2. The van der Waals surface area contributed by atoms with Gasteiger partial charge < -0.3 is 25.0 Å². The minimum Gasteiger partial charge on any atom is -0.467 e. The van der Waals surface area contributed by atoms with Crippen LogP contribution >= 0.6 is 0 Å². The summed E-state index contributed by atoms with van der Waals surface area (Å²) in [6.07, 6.45) is -0.594. The van der Waals surface area contributed by atoms with Crippen LogP contribution in [-0.4, -0.2) is 66.7 Å².